The molecule has 0 unspecified atom stereocenters. The van der Waals surface area contributed by atoms with Crippen molar-refractivity contribution in [3.63, 3.8) is 0 Å². The lowest BCUT2D eigenvalue weighted by atomic mass is 9.77. The largest absolute Gasteiger partial charge is 0.493 e. The number of para-hydroxylation sites is 1. The summed E-state index contributed by atoms with van der Waals surface area (Å²) in [7, 11) is 3.31. The highest BCUT2D eigenvalue weighted by Gasteiger charge is 2.39. The number of anilines is 1. The maximum Gasteiger partial charge on any atom is 0.174 e. The van der Waals surface area contributed by atoms with E-state index in [0.717, 1.165) is 32.9 Å². The Hall–Kier alpha value is -1.65. The number of allylic oxidation sites excluding steroid dienone is 2. The van der Waals surface area contributed by atoms with Gasteiger partial charge < -0.3 is 14.8 Å². The van der Waals surface area contributed by atoms with Crippen molar-refractivity contribution in [3.05, 3.63) is 63.1 Å². The first-order valence-corrected chi connectivity index (χ1v) is 9.44. The molecule has 1 aliphatic carbocycles. The highest BCUT2D eigenvalue weighted by atomic mass is 79.9. The van der Waals surface area contributed by atoms with Gasteiger partial charge in [-0.2, -0.15) is 0 Å². The van der Waals surface area contributed by atoms with E-state index < -0.39 is 0 Å². The highest BCUT2D eigenvalue weighted by molar-refractivity contribution is 9.10. The lowest BCUT2D eigenvalue weighted by molar-refractivity contribution is 0.351. The van der Waals surface area contributed by atoms with Gasteiger partial charge in [0.15, 0.2) is 11.5 Å². The number of rotatable bonds is 3. The molecule has 0 aromatic heterocycles. The van der Waals surface area contributed by atoms with Crippen molar-refractivity contribution >= 4 is 33.2 Å². The summed E-state index contributed by atoms with van der Waals surface area (Å²) in [5, 5.41) is 4.44. The monoisotopic (exact) mass is 419 g/mol. The summed E-state index contributed by atoms with van der Waals surface area (Å²) in [5.74, 6) is 2.27. The second-order valence-corrected chi connectivity index (χ2v) is 7.68. The lowest BCUT2D eigenvalue weighted by Crippen LogP contribution is -2.29. The molecule has 0 radical (unpaired) electrons. The molecule has 0 bridgehead atoms. The predicted molar refractivity (Wildman–Crippen MR) is 105 cm³/mol. The summed E-state index contributed by atoms with van der Waals surface area (Å²) in [6, 6.07) is 10.5. The molecule has 5 heteroatoms. The van der Waals surface area contributed by atoms with Crippen LogP contribution in [0.25, 0.3) is 0 Å². The summed E-state index contributed by atoms with van der Waals surface area (Å²) in [4.78, 5) is 0. The maximum atomic E-state index is 6.48. The molecular weight excluding hydrogens is 402 g/mol. The molecule has 25 heavy (non-hydrogen) atoms. The number of hydrogen-bond donors (Lipinski definition) is 1. The summed E-state index contributed by atoms with van der Waals surface area (Å²) >= 11 is 10.1. The van der Waals surface area contributed by atoms with Crippen LogP contribution in [-0.2, 0) is 0 Å². The first-order valence-electron chi connectivity index (χ1n) is 8.27. The van der Waals surface area contributed by atoms with Gasteiger partial charge in [0.25, 0.3) is 0 Å². The Kier molecular flexibility index (Phi) is 4.42. The van der Waals surface area contributed by atoms with E-state index in [1.54, 1.807) is 14.2 Å². The van der Waals surface area contributed by atoms with Crippen molar-refractivity contribution in [3.8, 4) is 11.5 Å². The van der Waals surface area contributed by atoms with Gasteiger partial charge in [0.05, 0.1) is 35.4 Å². The quantitative estimate of drug-likeness (QED) is 0.623. The molecular formula is C20H19BrClNO2. The van der Waals surface area contributed by atoms with Gasteiger partial charge in [0.2, 0.25) is 0 Å². The highest BCUT2D eigenvalue weighted by Crippen LogP contribution is 2.52. The minimum atomic E-state index is 0.156. The molecule has 2 aromatic carbocycles. The molecule has 0 saturated carbocycles. The zero-order valence-electron chi connectivity index (χ0n) is 14.1. The van der Waals surface area contributed by atoms with Gasteiger partial charge in [0.1, 0.15) is 0 Å². The third-order valence-corrected chi connectivity index (χ3v) is 6.06. The number of benzene rings is 2. The summed E-state index contributed by atoms with van der Waals surface area (Å²) in [6.45, 7) is 0. The average molecular weight is 421 g/mol. The van der Waals surface area contributed by atoms with E-state index in [9.17, 15) is 0 Å². The average Bonchev–Trinajstić information content (AvgIpc) is 3.10. The van der Waals surface area contributed by atoms with Crippen molar-refractivity contribution in [2.75, 3.05) is 19.5 Å². The molecule has 0 amide bonds. The summed E-state index contributed by atoms with van der Waals surface area (Å²) in [5.41, 5.74) is 3.48. The van der Waals surface area contributed by atoms with E-state index in [1.807, 2.05) is 12.1 Å². The van der Waals surface area contributed by atoms with Gasteiger partial charge in [-0.15, -0.1) is 0 Å². The van der Waals surface area contributed by atoms with Crippen LogP contribution in [0.2, 0.25) is 5.02 Å². The number of ether oxygens (including phenoxy) is 2. The van der Waals surface area contributed by atoms with Crippen molar-refractivity contribution in [1.82, 2.24) is 0 Å². The molecule has 130 valence electrons. The molecule has 0 spiro atoms. The van der Waals surface area contributed by atoms with Gasteiger partial charge in [-0.3, -0.25) is 0 Å². The van der Waals surface area contributed by atoms with Crippen molar-refractivity contribution < 1.29 is 9.47 Å². The number of halogens is 2. The minimum Gasteiger partial charge on any atom is -0.493 e. The van der Waals surface area contributed by atoms with Crippen LogP contribution in [0, 0.1) is 5.92 Å². The van der Waals surface area contributed by atoms with E-state index in [2.05, 4.69) is 51.6 Å². The van der Waals surface area contributed by atoms with E-state index in [0.29, 0.717) is 17.6 Å². The van der Waals surface area contributed by atoms with Gasteiger partial charge in [0, 0.05) is 5.92 Å². The molecule has 0 fully saturated rings. The van der Waals surface area contributed by atoms with Crippen LogP contribution >= 0.6 is 27.5 Å². The molecule has 1 aliphatic heterocycles. The Bertz CT molecular complexity index is 852. The van der Waals surface area contributed by atoms with Crippen LogP contribution in [0.4, 0.5) is 5.69 Å². The fourth-order valence-electron chi connectivity index (χ4n) is 4.03. The Morgan fingerprint density at radius 1 is 1.20 bits per heavy atom. The fraction of sp³-hybridized carbons (Fsp3) is 0.300. The molecule has 3 nitrogen and oxygen atoms in total. The number of methoxy groups -OCH3 is 2. The maximum absolute atomic E-state index is 6.48. The molecule has 1 N–H and O–H groups in total. The van der Waals surface area contributed by atoms with Crippen LogP contribution in [0.1, 0.15) is 29.5 Å². The SMILES string of the molecule is COc1cc([C@H]2Nc3c(Cl)cccc3[C@H]3C=CC[C@@H]32)cc(Br)c1OC. The molecule has 2 aromatic rings. The normalized spacial score (nSPS) is 23.6. The van der Waals surface area contributed by atoms with Crippen LogP contribution in [0.15, 0.2) is 47.0 Å². The van der Waals surface area contributed by atoms with Crippen LogP contribution in [0.3, 0.4) is 0 Å². The smallest absolute Gasteiger partial charge is 0.174 e. The second kappa shape index (κ2) is 6.58. The third-order valence-electron chi connectivity index (χ3n) is 5.16. The van der Waals surface area contributed by atoms with Gasteiger partial charge in [-0.25, -0.2) is 0 Å². The molecule has 4 rings (SSSR count). The fourth-order valence-corrected chi connectivity index (χ4v) is 4.89. The standard InChI is InChI=1S/C20H19BrClNO2/c1-24-17-10-11(9-15(21)20(17)25-2)18-13-6-3-5-12(13)14-7-4-8-16(22)19(14)23-18/h3-5,7-10,12-13,18,23H,6H2,1-2H3/t12-,13-,18+/m0/s1. The molecule has 3 atom stereocenters. The lowest BCUT2D eigenvalue weighted by Gasteiger charge is -2.38. The summed E-state index contributed by atoms with van der Waals surface area (Å²) < 4.78 is 11.9. The topological polar surface area (TPSA) is 30.5 Å². The van der Waals surface area contributed by atoms with Gasteiger partial charge in [-0.1, -0.05) is 35.9 Å². The summed E-state index contributed by atoms with van der Waals surface area (Å²) in [6.07, 6.45) is 5.62. The van der Waals surface area contributed by atoms with Gasteiger partial charge >= 0.3 is 0 Å². The number of fused-ring (bicyclic) bond motifs is 3. The number of nitrogens with one attached hydrogen (secondary N) is 1. The zero-order chi connectivity index (χ0) is 17.6. The van der Waals surface area contributed by atoms with Crippen LogP contribution in [-0.4, -0.2) is 14.2 Å². The number of hydrogen-bond acceptors (Lipinski definition) is 3. The van der Waals surface area contributed by atoms with E-state index in [4.69, 9.17) is 21.1 Å². The Balaban J connectivity index is 1.82. The molecule has 2 aliphatic rings. The second-order valence-electron chi connectivity index (χ2n) is 6.42. The van der Waals surface area contributed by atoms with Crippen molar-refractivity contribution in [1.29, 1.82) is 0 Å². The minimum absolute atomic E-state index is 0.156. The van der Waals surface area contributed by atoms with E-state index in [1.165, 1.54) is 5.56 Å². The van der Waals surface area contributed by atoms with Gasteiger partial charge in [-0.05, 0) is 57.6 Å². The van der Waals surface area contributed by atoms with Crippen molar-refractivity contribution in [2.24, 2.45) is 5.92 Å². The predicted octanol–water partition coefficient (Wildman–Crippen LogP) is 5.95. The third kappa shape index (κ3) is 2.72. The first kappa shape index (κ1) is 16.8. The van der Waals surface area contributed by atoms with Crippen LogP contribution < -0.4 is 14.8 Å². The first-order chi connectivity index (χ1) is 12.1. The Morgan fingerprint density at radius 2 is 2.04 bits per heavy atom. The molecule has 1 heterocycles. The Labute approximate surface area is 161 Å². The van der Waals surface area contributed by atoms with E-state index in [-0.39, 0.29) is 6.04 Å². The van der Waals surface area contributed by atoms with Crippen molar-refractivity contribution in [2.45, 2.75) is 18.4 Å². The van der Waals surface area contributed by atoms with E-state index >= 15 is 0 Å². The Morgan fingerprint density at radius 3 is 2.80 bits per heavy atom. The van der Waals surface area contributed by atoms with Crippen LogP contribution in [0.5, 0.6) is 11.5 Å². The zero-order valence-corrected chi connectivity index (χ0v) is 16.4. The molecule has 0 saturated heterocycles.